The molecule has 2 aromatic rings. The van der Waals surface area contributed by atoms with Crippen LogP contribution in [0.3, 0.4) is 0 Å². The van der Waals surface area contributed by atoms with Crippen LogP contribution >= 0.6 is 0 Å². The molecule has 0 N–H and O–H groups in total. The van der Waals surface area contributed by atoms with Crippen molar-refractivity contribution in [3.05, 3.63) is 86.5 Å². The first-order valence-corrected chi connectivity index (χ1v) is 19.2. The molecule has 0 spiro atoms. The maximum atomic E-state index is 12.1. The minimum absolute atomic E-state index is 0.911. The average molecular weight is 611 g/mol. The van der Waals surface area contributed by atoms with Crippen molar-refractivity contribution in [2.75, 3.05) is 0 Å². The van der Waals surface area contributed by atoms with E-state index in [4.69, 9.17) is 0 Å². The second kappa shape index (κ2) is 20.6. The van der Waals surface area contributed by atoms with Gasteiger partial charge in [0.15, 0.2) is 0 Å². The van der Waals surface area contributed by atoms with Crippen molar-refractivity contribution >= 4 is 11.4 Å². The van der Waals surface area contributed by atoms with Crippen molar-refractivity contribution < 1.29 is 4.70 Å². The summed E-state index contributed by atoms with van der Waals surface area (Å²) in [7, 11) is 0. The van der Waals surface area contributed by atoms with Gasteiger partial charge < -0.3 is 5.53 Å². The smallest absolute Gasteiger partial charge is 0.211 e. The number of benzene rings is 2. The van der Waals surface area contributed by atoms with Crippen LogP contribution in [0.2, 0.25) is 0 Å². The van der Waals surface area contributed by atoms with E-state index in [2.05, 4.69) is 77.9 Å². The molecular formula is C43H66N2. The molecule has 0 saturated heterocycles. The maximum Gasteiger partial charge on any atom is 0.211 e. The lowest BCUT2D eigenvalue weighted by atomic mass is 9.93. The first-order chi connectivity index (χ1) is 22.0. The van der Waals surface area contributed by atoms with Gasteiger partial charge >= 0.3 is 0 Å². The van der Waals surface area contributed by atoms with E-state index in [0.717, 1.165) is 43.5 Å². The summed E-state index contributed by atoms with van der Waals surface area (Å²) in [6, 6.07) is 14.4. The second-order valence-electron chi connectivity index (χ2n) is 13.8. The molecule has 3 rings (SSSR count). The predicted octanol–water partition coefficient (Wildman–Crippen LogP) is 13.8. The van der Waals surface area contributed by atoms with Crippen LogP contribution in [0.5, 0.6) is 0 Å². The molecule has 1 aliphatic heterocycles. The molecule has 2 aromatic carbocycles. The van der Waals surface area contributed by atoms with Crippen molar-refractivity contribution in [3.63, 3.8) is 0 Å². The van der Waals surface area contributed by atoms with Gasteiger partial charge in [0, 0.05) is 22.3 Å². The van der Waals surface area contributed by atoms with Crippen LogP contribution in [0.1, 0.15) is 184 Å². The Kier molecular flexibility index (Phi) is 16.9. The highest BCUT2D eigenvalue weighted by atomic mass is 15.2. The third kappa shape index (κ3) is 11.4. The van der Waals surface area contributed by atoms with E-state index >= 15 is 0 Å². The van der Waals surface area contributed by atoms with Gasteiger partial charge in [-0.2, -0.15) is 0 Å². The Morgan fingerprint density at radius 1 is 0.444 bits per heavy atom. The lowest BCUT2D eigenvalue weighted by molar-refractivity contribution is -0.345. The third-order valence-corrected chi connectivity index (χ3v) is 9.80. The maximum absolute atomic E-state index is 12.1. The largest absolute Gasteiger partial charge is 0.493 e. The van der Waals surface area contributed by atoms with E-state index in [9.17, 15) is 5.53 Å². The molecule has 2 nitrogen and oxygen atoms in total. The number of aryl methyl sites for hydroxylation is 4. The Hall–Kier alpha value is -2.48. The number of rotatable bonds is 23. The van der Waals surface area contributed by atoms with Crippen LogP contribution in [-0.2, 0) is 25.7 Å². The van der Waals surface area contributed by atoms with E-state index < -0.39 is 0 Å². The standard InChI is InChI=1S/C43H66N2/c1-7-12-16-18-20-22-26-37-28-35(24-14-9-3)30-39(31-37)42-34(6)41(11-5)43(45(42)44)40-32-36(25-15-10-4)29-38(33-40)27-23-21-19-17-13-8-2/h28-33H,7-27H2,1-6H3. The molecule has 0 saturated carbocycles. The SMILES string of the molecule is CCCCCCCCc1cc(CCCC)cc(C2=C(C)C(CC)=C(c3cc(CCCC)cc(CCCCCCCC)c3)[N+]2=[N-])c1. The highest BCUT2D eigenvalue weighted by Crippen LogP contribution is 2.42. The molecule has 0 bridgehead atoms. The summed E-state index contributed by atoms with van der Waals surface area (Å²) in [6.45, 7) is 13.6. The van der Waals surface area contributed by atoms with Crippen LogP contribution in [0.25, 0.3) is 16.9 Å². The zero-order valence-corrected chi connectivity index (χ0v) is 30.2. The quantitative estimate of drug-likeness (QED) is 0.0883. The molecule has 0 unspecified atom stereocenters. The van der Waals surface area contributed by atoms with Gasteiger partial charge in [0.25, 0.3) is 0 Å². The number of unbranched alkanes of at least 4 members (excludes halogenated alkanes) is 12. The van der Waals surface area contributed by atoms with Crippen LogP contribution in [0.4, 0.5) is 0 Å². The van der Waals surface area contributed by atoms with Crippen LogP contribution in [0.15, 0.2) is 47.5 Å². The number of allylic oxidation sites excluding steroid dienone is 2. The van der Waals surface area contributed by atoms with Crippen molar-refractivity contribution in [2.45, 2.75) is 176 Å². The first kappa shape index (κ1) is 37.0. The van der Waals surface area contributed by atoms with Gasteiger partial charge in [-0.1, -0.05) is 124 Å². The van der Waals surface area contributed by atoms with Gasteiger partial charge in [-0.15, -0.1) is 0 Å². The number of hydrogen-bond acceptors (Lipinski definition) is 0. The lowest BCUT2D eigenvalue weighted by Crippen LogP contribution is -2.05. The van der Waals surface area contributed by atoms with Gasteiger partial charge in [0.2, 0.25) is 11.4 Å². The van der Waals surface area contributed by atoms with Gasteiger partial charge in [-0.25, -0.2) is 4.70 Å². The van der Waals surface area contributed by atoms with Gasteiger partial charge in [-0.05, 0) is 111 Å². The predicted molar refractivity (Wildman–Crippen MR) is 198 cm³/mol. The lowest BCUT2D eigenvalue weighted by Gasteiger charge is -2.14. The van der Waals surface area contributed by atoms with Crippen LogP contribution in [-0.4, -0.2) is 4.70 Å². The summed E-state index contributed by atoms with van der Waals surface area (Å²) < 4.78 is 1.56. The van der Waals surface area contributed by atoms with E-state index in [1.165, 1.54) is 147 Å². The molecule has 248 valence electrons. The molecule has 0 amide bonds. The Labute approximate surface area is 278 Å². The molecule has 0 radical (unpaired) electrons. The summed E-state index contributed by atoms with van der Waals surface area (Å²) in [5.74, 6) is 0. The minimum Gasteiger partial charge on any atom is -0.493 e. The van der Waals surface area contributed by atoms with Gasteiger partial charge in [0.1, 0.15) is 0 Å². The molecule has 0 atom stereocenters. The molecule has 0 aromatic heterocycles. The molecule has 0 fully saturated rings. The number of hydrogen-bond donors (Lipinski definition) is 0. The fourth-order valence-electron chi connectivity index (χ4n) is 7.14. The Morgan fingerprint density at radius 3 is 1.20 bits per heavy atom. The van der Waals surface area contributed by atoms with Gasteiger partial charge in [0.05, 0.1) is 0 Å². The Bertz CT molecular complexity index is 1260. The van der Waals surface area contributed by atoms with Crippen molar-refractivity contribution in [1.29, 1.82) is 0 Å². The van der Waals surface area contributed by atoms with E-state index in [0.29, 0.717) is 0 Å². The molecule has 0 aliphatic carbocycles. The average Bonchev–Trinajstić information content (AvgIpc) is 3.30. The fourth-order valence-corrected chi connectivity index (χ4v) is 7.14. The normalized spacial score (nSPS) is 13.5. The van der Waals surface area contributed by atoms with Crippen molar-refractivity contribution in [1.82, 2.24) is 0 Å². The molecule has 1 aliphatic rings. The molecule has 45 heavy (non-hydrogen) atoms. The summed E-state index contributed by atoms with van der Waals surface area (Å²) in [5, 5.41) is 0. The topological polar surface area (TPSA) is 25.3 Å². The zero-order chi connectivity index (χ0) is 32.4. The molecular weight excluding hydrogens is 544 g/mol. The first-order valence-electron chi connectivity index (χ1n) is 19.2. The Balaban J connectivity index is 1.91. The van der Waals surface area contributed by atoms with E-state index in [1.807, 2.05) is 0 Å². The summed E-state index contributed by atoms with van der Waals surface area (Å²) in [6.07, 6.45) is 26.0. The fraction of sp³-hybridized carbons (Fsp3) is 0.628. The van der Waals surface area contributed by atoms with Crippen LogP contribution in [0, 0.1) is 0 Å². The van der Waals surface area contributed by atoms with Crippen molar-refractivity contribution in [3.8, 4) is 0 Å². The van der Waals surface area contributed by atoms with Crippen molar-refractivity contribution in [2.24, 2.45) is 0 Å². The summed E-state index contributed by atoms with van der Waals surface area (Å²) in [5.41, 5.74) is 24.6. The second-order valence-corrected chi connectivity index (χ2v) is 13.8. The summed E-state index contributed by atoms with van der Waals surface area (Å²) in [4.78, 5) is 0. The van der Waals surface area contributed by atoms with E-state index in [1.54, 1.807) is 4.70 Å². The summed E-state index contributed by atoms with van der Waals surface area (Å²) >= 11 is 0. The molecule has 1 heterocycles. The minimum atomic E-state index is 0.911. The van der Waals surface area contributed by atoms with Gasteiger partial charge in [-0.3, -0.25) is 0 Å². The highest BCUT2D eigenvalue weighted by molar-refractivity contribution is 5.82. The van der Waals surface area contributed by atoms with Crippen LogP contribution < -0.4 is 0 Å². The zero-order valence-electron chi connectivity index (χ0n) is 30.2. The monoisotopic (exact) mass is 611 g/mol. The highest BCUT2D eigenvalue weighted by Gasteiger charge is 2.33. The Morgan fingerprint density at radius 2 is 0.800 bits per heavy atom. The van der Waals surface area contributed by atoms with E-state index in [-0.39, 0.29) is 0 Å². The number of nitrogens with zero attached hydrogens (tertiary/aromatic N) is 2. The third-order valence-electron chi connectivity index (χ3n) is 9.80. The molecule has 2 heteroatoms.